The minimum Gasteiger partial charge on any atom is -0.310 e. The SMILES string of the molecule is Cc1ccccc1N(c1ccccc1)c1ccc2cc3c(cc2c1)C(C)(C)c1cc2c(cc1-3)C(C)(C)c1cc3cc(N(c4ccccc4)c4ccccc4C)ccc3cc1-2. The van der Waals surface area contributed by atoms with Crippen LogP contribution in [0.3, 0.4) is 0 Å². The van der Waals surface area contributed by atoms with Gasteiger partial charge in [0, 0.05) is 45.0 Å². The molecule has 0 spiro atoms. The van der Waals surface area contributed by atoms with E-state index >= 15 is 0 Å². The maximum atomic E-state index is 2.54. The molecule has 0 aliphatic heterocycles. The molecular weight excluding hydrogens is 725 g/mol. The molecule has 0 unspecified atom stereocenters. The van der Waals surface area contributed by atoms with E-state index in [1.807, 2.05) is 0 Å². The summed E-state index contributed by atoms with van der Waals surface area (Å²) in [5, 5.41) is 5.05. The molecular formula is C58H48N2. The number of hydrogen-bond donors (Lipinski definition) is 0. The molecule has 0 bridgehead atoms. The normalized spacial score (nSPS) is 14.1. The van der Waals surface area contributed by atoms with E-state index in [0.29, 0.717) is 0 Å². The van der Waals surface area contributed by atoms with Gasteiger partial charge in [0.15, 0.2) is 0 Å². The molecule has 9 aromatic rings. The zero-order valence-corrected chi connectivity index (χ0v) is 35.2. The summed E-state index contributed by atoms with van der Waals surface area (Å²) in [4.78, 5) is 4.78. The molecule has 2 aliphatic carbocycles. The van der Waals surface area contributed by atoms with Gasteiger partial charge in [0.25, 0.3) is 0 Å². The molecule has 0 saturated carbocycles. The van der Waals surface area contributed by atoms with Crippen LogP contribution in [0, 0.1) is 13.8 Å². The number of anilines is 6. The lowest BCUT2D eigenvalue weighted by molar-refractivity contribution is 0.653. The standard InChI is InChI=1S/C58H48N2/c1-37-17-13-15-23-55(37)59(43-19-9-7-10-20-43)45-27-25-39-31-47-49-35-54-50(36-53(49)57(3,4)51(47)33-41(39)29-45)48-32-40-26-28-46(30-42(40)34-52(48)58(54,5)6)60(44-21-11-8-12-22-44)56-24-16-14-18-38(56)2/h7-36H,1-6H3. The summed E-state index contributed by atoms with van der Waals surface area (Å²) in [7, 11) is 0. The lowest BCUT2D eigenvalue weighted by atomic mass is 9.79. The van der Waals surface area contributed by atoms with Crippen molar-refractivity contribution >= 4 is 55.7 Å². The van der Waals surface area contributed by atoms with Gasteiger partial charge in [0.05, 0.1) is 0 Å². The summed E-state index contributed by atoms with van der Waals surface area (Å²) in [6.07, 6.45) is 0. The first-order chi connectivity index (χ1) is 29.1. The highest BCUT2D eigenvalue weighted by Crippen LogP contribution is 2.57. The average Bonchev–Trinajstić information content (AvgIpc) is 3.61. The maximum absolute atomic E-state index is 2.54. The van der Waals surface area contributed by atoms with E-state index in [2.05, 4.69) is 233 Å². The van der Waals surface area contributed by atoms with Crippen LogP contribution in [-0.4, -0.2) is 0 Å². The fourth-order valence-electron chi connectivity index (χ4n) is 10.3. The molecule has 0 radical (unpaired) electrons. The van der Waals surface area contributed by atoms with Crippen LogP contribution in [0.1, 0.15) is 61.1 Å². The average molecular weight is 773 g/mol. The molecule has 2 aliphatic rings. The summed E-state index contributed by atoms with van der Waals surface area (Å²) in [5.41, 5.74) is 20.3. The lowest BCUT2D eigenvalue weighted by Crippen LogP contribution is -2.17. The second kappa shape index (κ2) is 13.3. The van der Waals surface area contributed by atoms with Crippen molar-refractivity contribution in [3.8, 4) is 22.3 Å². The van der Waals surface area contributed by atoms with Gasteiger partial charge in [-0.2, -0.15) is 0 Å². The van der Waals surface area contributed by atoms with E-state index in [-0.39, 0.29) is 10.8 Å². The van der Waals surface area contributed by atoms with Crippen LogP contribution >= 0.6 is 0 Å². The Morgan fingerprint density at radius 3 is 1.05 bits per heavy atom. The zero-order valence-electron chi connectivity index (χ0n) is 35.2. The molecule has 0 saturated heterocycles. The van der Waals surface area contributed by atoms with E-state index < -0.39 is 0 Å². The first-order valence-corrected chi connectivity index (χ1v) is 21.3. The Morgan fingerprint density at radius 1 is 0.300 bits per heavy atom. The Balaban J connectivity index is 1.01. The number of benzene rings is 9. The molecule has 0 N–H and O–H groups in total. The monoisotopic (exact) mass is 772 g/mol. The molecule has 60 heavy (non-hydrogen) atoms. The second-order valence-corrected chi connectivity index (χ2v) is 18.0. The summed E-state index contributed by atoms with van der Waals surface area (Å²) >= 11 is 0. The Bertz CT molecular complexity index is 2960. The van der Waals surface area contributed by atoms with Crippen molar-refractivity contribution in [3.05, 3.63) is 215 Å². The molecule has 2 heteroatoms. The van der Waals surface area contributed by atoms with E-state index in [9.17, 15) is 0 Å². The lowest BCUT2D eigenvalue weighted by Gasteiger charge is -2.27. The van der Waals surface area contributed by atoms with Crippen LogP contribution in [0.25, 0.3) is 43.8 Å². The highest BCUT2D eigenvalue weighted by atomic mass is 15.1. The summed E-state index contributed by atoms with van der Waals surface area (Å²) < 4.78 is 0. The second-order valence-electron chi connectivity index (χ2n) is 18.0. The van der Waals surface area contributed by atoms with Crippen molar-refractivity contribution in [3.63, 3.8) is 0 Å². The van der Waals surface area contributed by atoms with Crippen LogP contribution < -0.4 is 9.80 Å². The summed E-state index contributed by atoms with van der Waals surface area (Å²) in [6.45, 7) is 14.1. The van der Waals surface area contributed by atoms with E-state index in [1.165, 1.54) is 88.6 Å². The third-order valence-corrected chi connectivity index (χ3v) is 13.6. The molecule has 0 aromatic heterocycles. The quantitative estimate of drug-likeness (QED) is 0.166. The largest absolute Gasteiger partial charge is 0.310 e. The van der Waals surface area contributed by atoms with Gasteiger partial charge < -0.3 is 9.80 Å². The third kappa shape index (κ3) is 5.47. The van der Waals surface area contributed by atoms with Crippen LogP contribution in [0.15, 0.2) is 182 Å². The van der Waals surface area contributed by atoms with Crippen molar-refractivity contribution in [2.75, 3.05) is 9.80 Å². The van der Waals surface area contributed by atoms with Crippen molar-refractivity contribution in [1.29, 1.82) is 0 Å². The maximum Gasteiger partial charge on any atom is 0.0490 e. The fraction of sp³-hybridized carbons (Fsp3) is 0.138. The fourth-order valence-corrected chi connectivity index (χ4v) is 10.3. The van der Waals surface area contributed by atoms with Crippen LogP contribution in [0.4, 0.5) is 34.1 Å². The van der Waals surface area contributed by atoms with E-state index in [0.717, 1.165) is 22.7 Å². The van der Waals surface area contributed by atoms with Crippen molar-refractivity contribution < 1.29 is 0 Å². The molecule has 0 fully saturated rings. The van der Waals surface area contributed by atoms with Gasteiger partial charge >= 0.3 is 0 Å². The first kappa shape index (κ1) is 36.2. The number of para-hydroxylation sites is 4. The van der Waals surface area contributed by atoms with Crippen LogP contribution in [0.2, 0.25) is 0 Å². The van der Waals surface area contributed by atoms with Gasteiger partial charge in [-0.25, -0.2) is 0 Å². The molecule has 290 valence electrons. The first-order valence-electron chi connectivity index (χ1n) is 21.3. The molecule has 9 aromatic carbocycles. The Kier molecular flexibility index (Phi) is 8.03. The predicted octanol–water partition coefficient (Wildman–Crippen LogP) is 16.2. The van der Waals surface area contributed by atoms with Gasteiger partial charge in [-0.3, -0.25) is 0 Å². The Hall–Kier alpha value is -6.90. The Labute approximate surface area is 354 Å². The third-order valence-electron chi connectivity index (χ3n) is 13.6. The van der Waals surface area contributed by atoms with Crippen molar-refractivity contribution in [2.45, 2.75) is 52.4 Å². The van der Waals surface area contributed by atoms with Gasteiger partial charge in [-0.15, -0.1) is 0 Å². The summed E-state index contributed by atoms with van der Waals surface area (Å²) in [6, 6.07) is 67.7. The molecule has 2 nitrogen and oxygen atoms in total. The summed E-state index contributed by atoms with van der Waals surface area (Å²) in [5.74, 6) is 0. The molecule has 0 atom stereocenters. The van der Waals surface area contributed by atoms with Gasteiger partial charge in [0.2, 0.25) is 0 Å². The minimum absolute atomic E-state index is 0.159. The topological polar surface area (TPSA) is 6.48 Å². The number of rotatable bonds is 6. The Morgan fingerprint density at radius 2 is 0.650 bits per heavy atom. The van der Waals surface area contributed by atoms with Gasteiger partial charge in [-0.05, 0) is 188 Å². The molecule has 0 heterocycles. The highest BCUT2D eigenvalue weighted by molar-refractivity contribution is 6.00. The van der Waals surface area contributed by atoms with Crippen LogP contribution in [0.5, 0.6) is 0 Å². The minimum atomic E-state index is -0.159. The number of aryl methyl sites for hydroxylation is 2. The number of nitrogens with zero attached hydrogens (tertiary/aromatic N) is 2. The van der Waals surface area contributed by atoms with E-state index in [1.54, 1.807) is 0 Å². The van der Waals surface area contributed by atoms with Crippen molar-refractivity contribution in [1.82, 2.24) is 0 Å². The zero-order chi connectivity index (χ0) is 40.9. The molecule has 0 amide bonds. The number of fused-ring (bicyclic) bond motifs is 8. The van der Waals surface area contributed by atoms with E-state index in [4.69, 9.17) is 0 Å². The number of hydrogen-bond acceptors (Lipinski definition) is 2. The smallest absolute Gasteiger partial charge is 0.0490 e. The highest BCUT2D eigenvalue weighted by Gasteiger charge is 2.42. The van der Waals surface area contributed by atoms with Gasteiger partial charge in [-0.1, -0.05) is 113 Å². The van der Waals surface area contributed by atoms with Gasteiger partial charge in [0.1, 0.15) is 0 Å². The molecule has 11 rings (SSSR count). The van der Waals surface area contributed by atoms with Crippen LogP contribution in [-0.2, 0) is 10.8 Å². The van der Waals surface area contributed by atoms with Crippen molar-refractivity contribution in [2.24, 2.45) is 0 Å². The predicted molar refractivity (Wildman–Crippen MR) is 255 cm³/mol.